The summed E-state index contributed by atoms with van der Waals surface area (Å²) in [5.74, 6) is -1.39. The minimum absolute atomic E-state index is 0.0405. The van der Waals surface area contributed by atoms with Gasteiger partial charge in [0.1, 0.15) is 6.61 Å². The van der Waals surface area contributed by atoms with Crippen LogP contribution in [0.25, 0.3) is 17.0 Å². The lowest BCUT2D eigenvalue weighted by Gasteiger charge is -2.23. The Morgan fingerprint density at radius 3 is 2.67 bits per heavy atom. The van der Waals surface area contributed by atoms with Gasteiger partial charge in [0.25, 0.3) is 0 Å². The summed E-state index contributed by atoms with van der Waals surface area (Å²) in [5, 5.41) is 13.0. The van der Waals surface area contributed by atoms with Crippen molar-refractivity contribution in [3.05, 3.63) is 65.2 Å². The molecule has 39 heavy (non-hydrogen) atoms. The van der Waals surface area contributed by atoms with Crippen LogP contribution in [0.15, 0.2) is 59.5 Å². The summed E-state index contributed by atoms with van der Waals surface area (Å²) in [6.45, 7) is 1.28. The summed E-state index contributed by atoms with van der Waals surface area (Å²) < 4.78 is 74.0. The number of benzene rings is 2. The lowest BCUT2D eigenvalue weighted by molar-refractivity contribution is -0.170. The first kappa shape index (κ1) is 26.8. The maximum Gasteiger partial charge on any atom is 0.471 e. The molecule has 0 aliphatic carbocycles. The van der Waals surface area contributed by atoms with Gasteiger partial charge in [-0.1, -0.05) is 23.7 Å². The normalized spacial score (nSPS) is 15.5. The Balaban J connectivity index is 1.25. The Kier molecular flexibility index (Phi) is 6.95. The van der Waals surface area contributed by atoms with E-state index in [0.717, 1.165) is 6.07 Å². The summed E-state index contributed by atoms with van der Waals surface area (Å²) in [7, 11) is -4.01. The molecule has 5 rings (SSSR count). The number of anilines is 1. The molecule has 10 nitrogen and oxygen atoms in total. The monoisotopic (exact) mass is 580 g/mol. The predicted octanol–water partition coefficient (Wildman–Crippen LogP) is 3.64. The third kappa shape index (κ3) is 5.27. The van der Waals surface area contributed by atoms with E-state index in [1.807, 2.05) is 0 Å². The Labute approximate surface area is 225 Å². The number of carbonyl (C=O) groups excluding carboxylic acids is 1. The molecule has 0 radical (unpaired) electrons. The fourth-order valence-corrected chi connectivity index (χ4v) is 5.58. The zero-order valence-corrected chi connectivity index (χ0v) is 21.8. The zero-order chi connectivity index (χ0) is 27.9. The van der Waals surface area contributed by atoms with Crippen LogP contribution in [0.1, 0.15) is 12.5 Å². The minimum atomic E-state index is -5.04. The molecule has 1 aliphatic heterocycles. The van der Waals surface area contributed by atoms with Gasteiger partial charge in [0.05, 0.1) is 9.92 Å². The van der Waals surface area contributed by atoms with Gasteiger partial charge in [0.2, 0.25) is 15.9 Å². The van der Waals surface area contributed by atoms with Crippen LogP contribution in [0.2, 0.25) is 5.02 Å². The molecule has 1 N–H and O–H groups in total. The predicted molar refractivity (Wildman–Crippen MR) is 135 cm³/mol. The Morgan fingerprint density at radius 1 is 1.15 bits per heavy atom. The van der Waals surface area contributed by atoms with E-state index in [1.54, 1.807) is 36.4 Å². The Hall–Kier alpha value is -3.75. The molecule has 204 valence electrons. The second-order valence-corrected chi connectivity index (χ2v) is 10.9. The third-order valence-corrected chi connectivity index (χ3v) is 7.82. The summed E-state index contributed by atoms with van der Waals surface area (Å²) in [4.78, 5) is 12.3. The summed E-state index contributed by atoms with van der Waals surface area (Å²) in [6, 6.07) is 13.1. The number of alkyl halides is 3. The van der Waals surface area contributed by atoms with E-state index in [9.17, 15) is 26.4 Å². The quantitative estimate of drug-likeness (QED) is 0.332. The van der Waals surface area contributed by atoms with Crippen LogP contribution in [-0.2, 0) is 21.2 Å². The van der Waals surface area contributed by atoms with Gasteiger partial charge >= 0.3 is 12.1 Å². The largest absolute Gasteiger partial charge is 0.475 e. The summed E-state index contributed by atoms with van der Waals surface area (Å²) in [5.41, 5.74) is 1.46. The Bertz CT molecular complexity index is 1680. The molecule has 4 aromatic rings. The molecule has 0 fully saturated rings. The summed E-state index contributed by atoms with van der Waals surface area (Å²) >= 11 is 6.26. The van der Waals surface area contributed by atoms with Crippen LogP contribution < -0.4 is 14.4 Å². The maximum absolute atomic E-state index is 13.0. The van der Waals surface area contributed by atoms with Crippen molar-refractivity contribution < 1.29 is 31.1 Å². The van der Waals surface area contributed by atoms with Gasteiger partial charge in [-0.3, -0.25) is 4.79 Å². The number of hydrogen-bond donors (Lipinski definition) is 1. The maximum atomic E-state index is 13.0. The zero-order valence-electron chi connectivity index (χ0n) is 20.2. The summed E-state index contributed by atoms with van der Waals surface area (Å²) in [6.07, 6.45) is -4.94. The number of rotatable bonds is 7. The van der Waals surface area contributed by atoms with Crippen molar-refractivity contribution >= 4 is 38.9 Å². The highest BCUT2D eigenvalue weighted by atomic mass is 35.5. The number of amides is 1. The number of nitrogens with one attached hydrogen (secondary N) is 1. The van der Waals surface area contributed by atoms with E-state index in [-0.39, 0.29) is 36.0 Å². The first-order valence-electron chi connectivity index (χ1n) is 11.6. The van der Waals surface area contributed by atoms with Gasteiger partial charge < -0.3 is 9.64 Å². The van der Waals surface area contributed by atoms with Crippen LogP contribution in [0.4, 0.5) is 18.9 Å². The highest BCUT2D eigenvalue weighted by Gasteiger charge is 2.47. The molecule has 0 bridgehead atoms. The van der Waals surface area contributed by atoms with E-state index in [2.05, 4.69) is 20.0 Å². The first-order valence-corrected chi connectivity index (χ1v) is 13.4. The molecule has 0 spiro atoms. The average Bonchev–Trinajstić information content (AvgIpc) is 3.45. The highest BCUT2D eigenvalue weighted by molar-refractivity contribution is 7.89. The lowest BCUT2D eigenvalue weighted by Crippen LogP contribution is -2.44. The van der Waals surface area contributed by atoms with E-state index < -0.39 is 28.1 Å². The van der Waals surface area contributed by atoms with Crippen LogP contribution >= 0.6 is 11.6 Å². The van der Waals surface area contributed by atoms with Gasteiger partial charge in [-0.05, 0) is 55.3 Å². The molecule has 1 amide bonds. The lowest BCUT2D eigenvalue weighted by atomic mass is 10.1. The molecule has 1 unspecified atom stereocenters. The second kappa shape index (κ2) is 10.1. The van der Waals surface area contributed by atoms with Gasteiger partial charge in [-0.2, -0.15) is 17.7 Å². The van der Waals surface area contributed by atoms with Crippen LogP contribution in [0, 0.1) is 0 Å². The number of ether oxygens (including phenoxy) is 1. The van der Waals surface area contributed by atoms with Crippen molar-refractivity contribution in [3.8, 4) is 17.3 Å². The van der Waals surface area contributed by atoms with Crippen LogP contribution in [-0.4, -0.2) is 59.5 Å². The Morgan fingerprint density at radius 2 is 1.92 bits per heavy atom. The van der Waals surface area contributed by atoms with Crippen molar-refractivity contribution in [1.82, 2.24) is 24.5 Å². The SMILES string of the molecule is CC1Cc2cc(S(=O)(=O)NCCOc3ccc4nnc(-c5ccccc5Cl)n4n3)ccc2N1C(=O)C(F)(F)F. The number of hydrogen-bond acceptors (Lipinski definition) is 7. The van der Waals surface area contributed by atoms with E-state index in [4.69, 9.17) is 16.3 Å². The van der Waals surface area contributed by atoms with Gasteiger partial charge in [0, 0.05) is 29.9 Å². The van der Waals surface area contributed by atoms with Crippen molar-refractivity contribution in [3.63, 3.8) is 0 Å². The molecule has 3 heterocycles. The van der Waals surface area contributed by atoms with Crippen molar-refractivity contribution in [2.24, 2.45) is 0 Å². The fourth-order valence-electron chi connectivity index (χ4n) is 4.30. The molecule has 2 aromatic carbocycles. The topological polar surface area (TPSA) is 119 Å². The molecule has 2 aromatic heterocycles. The van der Waals surface area contributed by atoms with E-state index in [1.165, 1.54) is 23.6 Å². The molecule has 0 saturated carbocycles. The molecular weight excluding hydrogens is 561 g/mol. The van der Waals surface area contributed by atoms with Crippen LogP contribution in [0.5, 0.6) is 5.88 Å². The minimum Gasteiger partial charge on any atom is -0.475 e. The first-order chi connectivity index (χ1) is 18.5. The van der Waals surface area contributed by atoms with Crippen molar-refractivity contribution in [1.29, 1.82) is 0 Å². The fraction of sp³-hybridized carbons (Fsp3) is 0.250. The van der Waals surface area contributed by atoms with Crippen molar-refractivity contribution in [2.45, 2.75) is 30.5 Å². The van der Waals surface area contributed by atoms with Gasteiger partial charge in [-0.25, -0.2) is 13.1 Å². The number of halogens is 4. The molecule has 1 atom stereocenters. The van der Waals surface area contributed by atoms with Crippen LogP contribution in [0.3, 0.4) is 0 Å². The highest BCUT2D eigenvalue weighted by Crippen LogP contribution is 2.36. The third-order valence-electron chi connectivity index (χ3n) is 6.04. The molecule has 0 saturated heterocycles. The molecule has 1 aliphatic rings. The number of nitrogens with zero attached hydrogens (tertiary/aromatic N) is 5. The number of aromatic nitrogens is 4. The molecular formula is C24H20ClF3N6O4S. The van der Waals surface area contributed by atoms with Gasteiger partial charge in [-0.15, -0.1) is 15.3 Å². The smallest absolute Gasteiger partial charge is 0.471 e. The average molecular weight is 581 g/mol. The van der Waals surface area contributed by atoms with Crippen molar-refractivity contribution in [2.75, 3.05) is 18.1 Å². The number of carbonyl (C=O) groups is 1. The van der Waals surface area contributed by atoms with E-state index in [0.29, 0.717) is 32.5 Å². The second-order valence-electron chi connectivity index (χ2n) is 8.71. The van der Waals surface area contributed by atoms with Gasteiger partial charge in [0.15, 0.2) is 11.5 Å². The van der Waals surface area contributed by atoms with E-state index >= 15 is 0 Å². The number of sulfonamides is 1. The molecule has 15 heteroatoms. The number of fused-ring (bicyclic) bond motifs is 2. The standard InChI is InChI=1S/C24H20ClF3N6O4S/c1-14-12-15-13-16(6-7-19(15)33(14)23(35)24(26,27)28)39(36,37)29-10-11-38-21-9-8-20-30-31-22(34(20)32-21)17-4-2-3-5-18(17)25/h2-9,13-14,29H,10-12H2,1H3.